The highest BCUT2D eigenvalue weighted by atomic mass is 35.5. The predicted molar refractivity (Wildman–Crippen MR) is 144 cm³/mol. The molecule has 194 valence electrons. The molecule has 4 rings (SSSR count). The number of amidine groups is 1. The molecule has 0 unspecified atom stereocenters. The fraction of sp³-hybridized carbons (Fsp3) is 0.120. The molecule has 1 saturated heterocycles. The molecule has 3 aromatic carbocycles. The minimum atomic E-state index is -0.762. The molecule has 1 aliphatic heterocycles. The molecule has 11 nitrogen and oxygen atoms in total. The Kier molecular flexibility index (Phi) is 7.93. The highest BCUT2D eigenvalue weighted by Crippen LogP contribution is 2.39. The van der Waals surface area contributed by atoms with Gasteiger partial charge in [-0.1, -0.05) is 23.7 Å². The van der Waals surface area contributed by atoms with Crippen molar-refractivity contribution in [1.29, 1.82) is 0 Å². The largest absolute Gasteiger partial charge is 0.490 e. The number of rotatable bonds is 8. The summed E-state index contributed by atoms with van der Waals surface area (Å²) in [4.78, 5) is 38.4. The number of carbonyl (C=O) groups excluding carboxylic acids is 1. The maximum atomic E-state index is 12.6. The molecule has 1 amide bonds. The van der Waals surface area contributed by atoms with E-state index >= 15 is 0 Å². The van der Waals surface area contributed by atoms with Crippen molar-refractivity contribution in [2.45, 2.75) is 13.8 Å². The van der Waals surface area contributed by atoms with Crippen LogP contribution in [0, 0.1) is 27.2 Å². The predicted octanol–water partition coefficient (Wildman–Crippen LogP) is 6.55. The van der Waals surface area contributed by atoms with E-state index in [-0.39, 0.29) is 29.8 Å². The van der Waals surface area contributed by atoms with Crippen LogP contribution in [-0.2, 0) is 4.79 Å². The third-order valence-electron chi connectivity index (χ3n) is 5.18. The third-order valence-corrected chi connectivity index (χ3v) is 6.32. The van der Waals surface area contributed by atoms with Gasteiger partial charge in [-0.2, -0.15) is 0 Å². The maximum Gasteiger partial charge on any atom is 0.318 e. The van der Waals surface area contributed by atoms with E-state index in [1.54, 1.807) is 37.3 Å². The van der Waals surface area contributed by atoms with Gasteiger partial charge >= 0.3 is 5.69 Å². The van der Waals surface area contributed by atoms with Crippen LogP contribution in [0.25, 0.3) is 6.08 Å². The molecule has 13 heteroatoms. The zero-order valence-electron chi connectivity index (χ0n) is 20.0. The van der Waals surface area contributed by atoms with E-state index in [4.69, 9.17) is 21.1 Å². The standard InChI is InChI=1S/C25H19ClN4O7S/c1-3-36-22-10-15(5-8-21(22)37-20-9-7-17(29(32)33)13-19(20)30(34)35)11-23-24(31)28-25(38-23)27-18-12-16(26)6-4-14(18)2/h4-13H,3H2,1-2H3,(H,27,28,31)/b23-11-. The average molecular weight is 555 g/mol. The summed E-state index contributed by atoms with van der Waals surface area (Å²) in [6.07, 6.45) is 1.65. The van der Waals surface area contributed by atoms with Crippen molar-refractivity contribution in [2.24, 2.45) is 4.99 Å². The van der Waals surface area contributed by atoms with Gasteiger partial charge in [-0.05, 0) is 73.1 Å². The normalized spacial score (nSPS) is 15.0. The Labute approximate surface area is 225 Å². The number of nitrogens with zero attached hydrogens (tertiary/aromatic N) is 3. The van der Waals surface area contributed by atoms with E-state index in [0.29, 0.717) is 26.3 Å². The summed E-state index contributed by atoms with van der Waals surface area (Å²) in [7, 11) is 0. The van der Waals surface area contributed by atoms with Gasteiger partial charge in [-0.25, -0.2) is 4.99 Å². The SMILES string of the molecule is CCOc1cc(/C=C2\SC(=Nc3cc(Cl)ccc3C)NC2=O)ccc1Oc1ccc([N+](=O)[O-])cc1[N+](=O)[O-]. The molecule has 1 heterocycles. The highest BCUT2D eigenvalue weighted by molar-refractivity contribution is 8.18. The first-order valence-electron chi connectivity index (χ1n) is 11.1. The minimum Gasteiger partial charge on any atom is -0.490 e. The Morgan fingerprint density at radius 1 is 1.03 bits per heavy atom. The zero-order chi connectivity index (χ0) is 27.4. The van der Waals surface area contributed by atoms with E-state index in [9.17, 15) is 25.0 Å². The smallest absolute Gasteiger partial charge is 0.318 e. The van der Waals surface area contributed by atoms with E-state index in [0.717, 1.165) is 35.5 Å². The molecule has 3 aromatic rings. The Morgan fingerprint density at radius 2 is 1.79 bits per heavy atom. The lowest BCUT2D eigenvalue weighted by atomic mass is 10.2. The maximum absolute atomic E-state index is 12.6. The Bertz CT molecular complexity index is 1520. The number of benzene rings is 3. The first-order chi connectivity index (χ1) is 18.1. The topological polar surface area (TPSA) is 146 Å². The molecule has 1 fully saturated rings. The number of non-ortho nitro benzene ring substituents is 1. The van der Waals surface area contributed by atoms with Crippen molar-refractivity contribution in [3.05, 3.63) is 95.9 Å². The second-order valence-electron chi connectivity index (χ2n) is 7.82. The summed E-state index contributed by atoms with van der Waals surface area (Å²) in [6.45, 7) is 3.91. The van der Waals surface area contributed by atoms with E-state index in [1.165, 1.54) is 6.07 Å². The van der Waals surface area contributed by atoms with Crippen LogP contribution in [0.3, 0.4) is 0 Å². The lowest BCUT2D eigenvalue weighted by molar-refractivity contribution is -0.394. The molecule has 1 aliphatic rings. The third kappa shape index (κ3) is 6.10. The minimum absolute atomic E-state index is 0.160. The van der Waals surface area contributed by atoms with Crippen molar-refractivity contribution in [1.82, 2.24) is 5.32 Å². The first-order valence-corrected chi connectivity index (χ1v) is 12.3. The summed E-state index contributed by atoms with van der Waals surface area (Å²) < 4.78 is 11.4. The van der Waals surface area contributed by atoms with Gasteiger partial charge in [-0.3, -0.25) is 25.0 Å². The Balaban J connectivity index is 1.61. The van der Waals surface area contributed by atoms with Gasteiger partial charge < -0.3 is 14.8 Å². The Morgan fingerprint density at radius 3 is 2.50 bits per heavy atom. The van der Waals surface area contributed by atoms with Crippen LogP contribution in [0.4, 0.5) is 17.1 Å². The Hall–Kier alpha value is -4.42. The molecule has 0 aromatic heterocycles. The number of aryl methyl sites for hydroxylation is 1. The molecule has 0 bridgehead atoms. The number of thioether (sulfide) groups is 1. The molecule has 38 heavy (non-hydrogen) atoms. The van der Waals surface area contributed by atoms with Gasteiger partial charge in [0.2, 0.25) is 5.75 Å². The lowest BCUT2D eigenvalue weighted by Crippen LogP contribution is -2.19. The zero-order valence-corrected chi connectivity index (χ0v) is 21.5. The lowest BCUT2D eigenvalue weighted by Gasteiger charge is -2.12. The number of ether oxygens (including phenoxy) is 2. The molecule has 0 aliphatic carbocycles. The molecular weight excluding hydrogens is 536 g/mol. The monoisotopic (exact) mass is 554 g/mol. The van der Waals surface area contributed by atoms with Gasteiger partial charge in [0.25, 0.3) is 11.6 Å². The molecule has 0 saturated carbocycles. The van der Waals surface area contributed by atoms with Crippen molar-refractivity contribution in [3.63, 3.8) is 0 Å². The van der Waals surface area contributed by atoms with Gasteiger partial charge in [0, 0.05) is 11.1 Å². The van der Waals surface area contributed by atoms with Gasteiger partial charge in [0.15, 0.2) is 16.7 Å². The summed E-state index contributed by atoms with van der Waals surface area (Å²) >= 11 is 7.22. The first kappa shape index (κ1) is 26.6. The number of nitro benzene ring substituents is 2. The van der Waals surface area contributed by atoms with Crippen LogP contribution in [-0.4, -0.2) is 27.5 Å². The van der Waals surface area contributed by atoms with Crippen LogP contribution in [0.15, 0.2) is 64.5 Å². The fourth-order valence-electron chi connectivity index (χ4n) is 3.38. The summed E-state index contributed by atoms with van der Waals surface area (Å²) in [5.41, 5.74) is 1.16. The average Bonchev–Trinajstić information content (AvgIpc) is 3.21. The molecule has 0 spiro atoms. The summed E-state index contributed by atoms with van der Waals surface area (Å²) in [5.74, 6) is -0.0849. The highest BCUT2D eigenvalue weighted by Gasteiger charge is 2.25. The number of amides is 1. The number of carbonyl (C=O) groups is 1. The van der Waals surface area contributed by atoms with E-state index in [2.05, 4.69) is 10.3 Å². The number of nitro groups is 2. The number of hydrogen-bond acceptors (Lipinski definition) is 9. The van der Waals surface area contributed by atoms with Crippen molar-refractivity contribution < 1.29 is 24.1 Å². The van der Waals surface area contributed by atoms with E-state index < -0.39 is 21.2 Å². The molecule has 0 atom stereocenters. The molecule has 0 radical (unpaired) electrons. The number of halogens is 1. The van der Waals surface area contributed by atoms with Crippen LogP contribution < -0.4 is 14.8 Å². The van der Waals surface area contributed by atoms with Crippen molar-refractivity contribution >= 4 is 57.6 Å². The molecular formula is C25H19ClN4O7S. The van der Waals surface area contributed by atoms with Crippen LogP contribution >= 0.6 is 23.4 Å². The number of hydrogen-bond donors (Lipinski definition) is 1. The summed E-state index contributed by atoms with van der Waals surface area (Å²) in [6, 6.07) is 13.2. The number of nitrogens with one attached hydrogen (secondary N) is 1. The van der Waals surface area contributed by atoms with Gasteiger partial charge in [-0.15, -0.1) is 0 Å². The quantitative estimate of drug-likeness (QED) is 0.187. The molecule has 1 N–H and O–H groups in total. The summed E-state index contributed by atoms with van der Waals surface area (Å²) in [5, 5.41) is 26.1. The van der Waals surface area contributed by atoms with Crippen molar-refractivity contribution in [3.8, 4) is 17.2 Å². The van der Waals surface area contributed by atoms with Gasteiger partial charge in [0.1, 0.15) is 0 Å². The van der Waals surface area contributed by atoms with E-state index in [1.807, 2.05) is 13.0 Å². The fourth-order valence-corrected chi connectivity index (χ4v) is 4.38. The second-order valence-corrected chi connectivity index (χ2v) is 9.29. The van der Waals surface area contributed by atoms with Crippen LogP contribution in [0.2, 0.25) is 5.02 Å². The second kappa shape index (κ2) is 11.3. The van der Waals surface area contributed by atoms with Gasteiger partial charge in [0.05, 0.1) is 33.1 Å². The van der Waals surface area contributed by atoms with Crippen LogP contribution in [0.1, 0.15) is 18.1 Å². The van der Waals surface area contributed by atoms with Crippen molar-refractivity contribution in [2.75, 3.05) is 6.61 Å². The van der Waals surface area contributed by atoms with Crippen LogP contribution in [0.5, 0.6) is 17.2 Å². The number of aliphatic imine (C=N–C) groups is 1.